The smallest absolute Gasteiger partial charge is 0.251 e. The number of amides is 1. The first-order valence-electron chi connectivity index (χ1n) is 11.4. The summed E-state index contributed by atoms with van der Waals surface area (Å²) in [5.41, 5.74) is 4.28. The van der Waals surface area contributed by atoms with Crippen molar-refractivity contribution in [3.05, 3.63) is 60.3 Å². The van der Waals surface area contributed by atoms with E-state index < -0.39 is 0 Å². The molecule has 7 nitrogen and oxygen atoms in total. The van der Waals surface area contributed by atoms with Crippen molar-refractivity contribution in [2.75, 3.05) is 37.7 Å². The van der Waals surface area contributed by atoms with Crippen LogP contribution in [0, 0.1) is 5.82 Å². The highest BCUT2D eigenvalue weighted by Gasteiger charge is 2.31. The summed E-state index contributed by atoms with van der Waals surface area (Å²) in [6, 6.07) is 8.27. The first kappa shape index (κ1) is 23.1. The van der Waals surface area contributed by atoms with E-state index in [9.17, 15) is 9.18 Å². The Kier molecular flexibility index (Phi) is 7.00. The van der Waals surface area contributed by atoms with Crippen molar-refractivity contribution in [3.63, 3.8) is 0 Å². The second-order valence-electron chi connectivity index (χ2n) is 8.41. The Hall–Kier alpha value is -2.66. The Morgan fingerprint density at radius 1 is 1.09 bits per heavy atom. The number of alkyl halides is 1. The fourth-order valence-corrected chi connectivity index (χ4v) is 5.04. The SMILES string of the molecule is O=C(C1CCCO1)N1CCN(c2cnc(-c3ccc(F)cc3)c(-c3ccncc3CI)n2)CC1. The lowest BCUT2D eigenvalue weighted by Crippen LogP contribution is -2.51. The number of rotatable bonds is 5. The van der Waals surface area contributed by atoms with Gasteiger partial charge in [0.05, 0.1) is 17.6 Å². The topological polar surface area (TPSA) is 71.5 Å². The third kappa shape index (κ3) is 4.76. The summed E-state index contributed by atoms with van der Waals surface area (Å²) in [6.07, 6.45) is 6.84. The van der Waals surface area contributed by atoms with Crippen LogP contribution in [0.5, 0.6) is 0 Å². The van der Waals surface area contributed by atoms with Gasteiger partial charge < -0.3 is 14.5 Å². The maximum Gasteiger partial charge on any atom is 0.251 e. The van der Waals surface area contributed by atoms with Crippen LogP contribution in [-0.4, -0.2) is 64.6 Å². The van der Waals surface area contributed by atoms with E-state index in [0.29, 0.717) is 38.5 Å². The molecular formula is C25H25FIN5O2. The van der Waals surface area contributed by atoms with Crippen LogP contribution in [-0.2, 0) is 14.0 Å². The molecule has 1 atom stereocenters. The number of piperazine rings is 1. The Balaban J connectivity index is 1.44. The maximum atomic E-state index is 13.6. The molecular weight excluding hydrogens is 548 g/mol. The average molecular weight is 573 g/mol. The average Bonchev–Trinajstić information content (AvgIpc) is 3.44. The predicted octanol–water partition coefficient (Wildman–Crippen LogP) is 4.11. The van der Waals surface area contributed by atoms with Crippen LogP contribution in [0.3, 0.4) is 0 Å². The molecule has 34 heavy (non-hydrogen) atoms. The molecule has 176 valence electrons. The lowest BCUT2D eigenvalue weighted by molar-refractivity contribution is -0.141. The number of ether oxygens (including phenoxy) is 1. The quantitative estimate of drug-likeness (QED) is 0.338. The summed E-state index contributed by atoms with van der Waals surface area (Å²) < 4.78 is 19.9. The monoisotopic (exact) mass is 573 g/mol. The summed E-state index contributed by atoms with van der Waals surface area (Å²) in [4.78, 5) is 30.8. The second-order valence-corrected chi connectivity index (χ2v) is 9.18. The Morgan fingerprint density at radius 3 is 2.59 bits per heavy atom. The number of benzene rings is 1. The maximum absolute atomic E-state index is 13.6. The van der Waals surface area contributed by atoms with Crippen molar-refractivity contribution < 1.29 is 13.9 Å². The van der Waals surface area contributed by atoms with Gasteiger partial charge in [0.15, 0.2) is 0 Å². The van der Waals surface area contributed by atoms with Crippen molar-refractivity contribution in [1.29, 1.82) is 0 Å². The van der Waals surface area contributed by atoms with E-state index in [0.717, 1.165) is 45.5 Å². The zero-order valence-electron chi connectivity index (χ0n) is 18.7. The van der Waals surface area contributed by atoms with Gasteiger partial charge in [0.25, 0.3) is 5.91 Å². The van der Waals surface area contributed by atoms with E-state index in [1.807, 2.05) is 17.2 Å². The van der Waals surface area contributed by atoms with Crippen molar-refractivity contribution in [2.45, 2.75) is 23.4 Å². The van der Waals surface area contributed by atoms with Crippen LogP contribution in [0.25, 0.3) is 22.5 Å². The normalized spacial score (nSPS) is 18.4. The summed E-state index contributed by atoms with van der Waals surface area (Å²) in [5.74, 6) is 0.572. The molecule has 9 heteroatoms. The Labute approximate surface area is 211 Å². The van der Waals surface area contributed by atoms with Crippen molar-refractivity contribution in [2.24, 2.45) is 0 Å². The highest BCUT2D eigenvalue weighted by molar-refractivity contribution is 14.1. The summed E-state index contributed by atoms with van der Waals surface area (Å²) in [5, 5.41) is 0. The van der Waals surface area contributed by atoms with Gasteiger partial charge in [0.1, 0.15) is 17.7 Å². The molecule has 0 spiro atoms. The minimum atomic E-state index is -0.290. The van der Waals surface area contributed by atoms with Gasteiger partial charge in [-0.1, -0.05) is 22.6 Å². The number of pyridine rings is 1. The van der Waals surface area contributed by atoms with E-state index in [2.05, 4.69) is 32.5 Å². The molecule has 2 aromatic heterocycles. The number of aromatic nitrogens is 3. The third-order valence-electron chi connectivity index (χ3n) is 6.30. The molecule has 2 fully saturated rings. The zero-order chi connectivity index (χ0) is 23.5. The molecule has 0 aliphatic carbocycles. The summed E-state index contributed by atoms with van der Waals surface area (Å²) in [7, 11) is 0. The van der Waals surface area contributed by atoms with Crippen LogP contribution < -0.4 is 4.90 Å². The molecule has 3 aromatic rings. The van der Waals surface area contributed by atoms with E-state index in [-0.39, 0.29) is 17.8 Å². The van der Waals surface area contributed by atoms with Crippen LogP contribution >= 0.6 is 22.6 Å². The van der Waals surface area contributed by atoms with E-state index in [1.54, 1.807) is 24.5 Å². The van der Waals surface area contributed by atoms with Gasteiger partial charge in [0.2, 0.25) is 0 Å². The number of hydrogen-bond donors (Lipinski definition) is 0. The zero-order valence-corrected chi connectivity index (χ0v) is 20.8. The van der Waals surface area contributed by atoms with Crippen molar-refractivity contribution in [3.8, 4) is 22.5 Å². The number of anilines is 1. The molecule has 1 aromatic carbocycles. The molecule has 0 saturated carbocycles. The molecule has 4 heterocycles. The number of carbonyl (C=O) groups is 1. The molecule has 0 radical (unpaired) electrons. The Bertz CT molecular complexity index is 1160. The highest BCUT2D eigenvalue weighted by atomic mass is 127. The van der Waals surface area contributed by atoms with Gasteiger partial charge in [-0.25, -0.2) is 9.37 Å². The summed E-state index contributed by atoms with van der Waals surface area (Å²) in [6.45, 7) is 3.28. The minimum absolute atomic E-state index is 0.0963. The fourth-order valence-electron chi connectivity index (χ4n) is 4.44. The number of halogens is 2. The largest absolute Gasteiger partial charge is 0.368 e. The highest BCUT2D eigenvalue weighted by Crippen LogP contribution is 2.33. The van der Waals surface area contributed by atoms with Crippen molar-refractivity contribution in [1.82, 2.24) is 19.9 Å². The van der Waals surface area contributed by atoms with Crippen LogP contribution in [0.15, 0.2) is 48.9 Å². The Morgan fingerprint density at radius 2 is 1.88 bits per heavy atom. The molecule has 2 aliphatic heterocycles. The van der Waals surface area contributed by atoms with Gasteiger partial charge >= 0.3 is 0 Å². The molecule has 1 amide bonds. The molecule has 0 N–H and O–H groups in total. The summed E-state index contributed by atoms with van der Waals surface area (Å²) >= 11 is 2.32. The molecule has 0 bridgehead atoms. The first-order valence-corrected chi connectivity index (χ1v) is 12.9. The lowest BCUT2D eigenvalue weighted by atomic mass is 10.0. The van der Waals surface area contributed by atoms with Crippen LogP contribution in [0.1, 0.15) is 18.4 Å². The minimum Gasteiger partial charge on any atom is -0.368 e. The lowest BCUT2D eigenvalue weighted by Gasteiger charge is -2.36. The van der Waals surface area contributed by atoms with Gasteiger partial charge in [-0.2, -0.15) is 0 Å². The van der Waals surface area contributed by atoms with Crippen molar-refractivity contribution >= 4 is 34.3 Å². The second kappa shape index (κ2) is 10.3. The van der Waals surface area contributed by atoms with E-state index >= 15 is 0 Å². The van der Waals surface area contributed by atoms with Gasteiger partial charge in [-0.15, -0.1) is 0 Å². The number of nitrogens with zero attached hydrogens (tertiary/aromatic N) is 5. The van der Waals surface area contributed by atoms with Gasteiger partial charge in [-0.05, 0) is 48.7 Å². The predicted molar refractivity (Wildman–Crippen MR) is 136 cm³/mol. The third-order valence-corrected chi connectivity index (χ3v) is 7.12. The van der Waals surface area contributed by atoms with Gasteiger partial charge in [0, 0.05) is 60.7 Å². The van der Waals surface area contributed by atoms with Crippen LogP contribution in [0.4, 0.5) is 10.2 Å². The molecule has 2 saturated heterocycles. The molecule has 2 aliphatic rings. The van der Waals surface area contributed by atoms with Crippen LogP contribution in [0.2, 0.25) is 0 Å². The van der Waals surface area contributed by atoms with Gasteiger partial charge in [-0.3, -0.25) is 14.8 Å². The fraction of sp³-hybridized carbons (Fsp3) is 0.360. The molecule has 5 rings (SSSR count). The number of carbonyl (C=O) groups excluding carboxylic acids is 1. The number of hydrogen-bond acceptors (Lipinski definition) is 6. The standard InChI is InChI=1S/C25H25FIN5O2/c26-19-5-3-17(4-6-19)23-24(20-7-8-28-15-18(20)14-27)30-22(16-29-23)31-9-11-32(12-10-31)25(33)21-2-1-13-34-21/h3-8,15-16,21H,1-2,9-14H2. The molecule has 1 unspecified atom stereocenters. The van der Waals surface area contributed by atoms with E-state index in [4.69, 9.17) is 14.7 Å². The van der Waals surface area contributed by atoms with E-state index in [1.165, 1.54) is 12.1 Å². The first-order chi connectivity index (χ1) is 16.6.